The van der Waals surface area contributed by atoms with E-state index in [1.807, 2.05) is 30.8 Å². The van der Waals surface area contributed by atoms with Gasteiger partial charge in [0.2, 0.25) is 5.95 Å². The summed E-state index contributed by atoms with van der Waals surface area (Å²) in [6, 6.07) is -0.0974. The van der Waals surface area contributed by atoms with Crippen LogP contribution in [0.4, 0.5) is 5.95 Å². The second kappa shape index (κ2) is 7.89. The summed E-state index contributed by atoms with van der Waals surface area (Å²) in [5.41, 5.74) is 0.396. The maximum Gasteiger partial charge on any atom is 0.254 e. The number of rotatable bonds is 7. The highest BCUT2D eigenvalue weighted by molar-refractivity contribution is 7.91. The van der Waals surface area contributed by atoms with Crippen molar-refractivity contribution in [3.8, 4) is 0 Å². The lowest BCUT2D eigenvalue weighted by atomic mass is 10.2. The minimum Gasteiger partial charge on any atom is -0.351 e. The molecule has 0 radical (unpaired) electrons. The van der Waals surface area contributed by atoms with E-state index >= 15 is 0 Å². The van der Waals surface area contributed by atoms with Crippen LogP contribution in [0.3, 0.4) is 0 Å². The molecule has 0 aromatic carbocycles. The number of nitrogens with one attached hydrogen (secondary N) is 1. The van der Waals surface area contributed by atoms with Crippen molar-refractivity contribution in [2.45, 2.75) is 19.4 Å². The Balaban J connectivity index is 2.01. The van der Waals surface area contributed by atoms with Crippen molar-refractivity contribution in [3.05, 3.63) is 18.0 Å². The van der Waals surface area contributed by atoms with Crippen molar-refractivity contribution in [2.75, 3.05) is 50.1 Å². The second-order valence-corrected chi connectivity index (χ2v) is 8.40. The van der Waals surface area contributed by atoms with E-state index in [0.717, 1.165) is 6.54 Å². The fourth-order valence-corrected chi connectivity index (χ4v) is 4.40. The molecule has 24 heavy (non-hydrogen) atoms. The van der Waals surface area contributed by atoms with Crippen LogP contribution in [0.25, 0.3) is 0 Å². The van der Waals surface area contributed by atoms with Gasteiger partial charge in [0, 0.05) is 38.1 Å². The molecule has 134 valence electrons. The number of nitrogens with zero attached hydrogens (tertiary/aromatic N) is 4. The third-order valence-electron chi connectivity index (χ3n) is 3.99. The highest BCUT2D eigenvalue weighted by atomic mass is 32.2. The number of anilines is 1. The smallest absolute Gasteiger partial charge is 0.254 e. The summed E-state index contributed by atoms with van der Waals surface area (Å²) in [6.45, 7) is 3.86. The highest BCUT2D eigenvalue weighted by Gasteiger charge is 2.32. The predicted octanol–water partition coefficient (Wildman–Crippen LogP) is -0.219. The largest absolute Gasteiger partial charge is 0.351 e. The van der Waals surface area contributed by atoms with Crippen LogP contribution in [0.1, 0.15) is 23.7 Å². The lowest BCUT2D eigenvalue weighted by Gasteiger charge is -2.26. The number of carbonyl (C=O) groups is 1. The van der Waals surface area contributed by atoms with Gasteiger partial charge in [-0.2, -0.15) is 0 Å². The van der Waals surface area contributed by atoms with Crippen LogP contribution in [-0.2, 0) is 9.84 Å². The Bertz CT molecular complexity index is 660. The Morgan fingerprint density at radius 1 is 1.33 bits per heavy atom. The predicted molar refractivity (Wildman–Crippen MR) is 93.0 cm³/mol. The molecule has 0 aliphatic carbocycles. The van der Waals surface area contributed by atoms with E-state index in [9.17, 15) is 13.2 Å². The Labute approximate surface area is 143 Å². The quantitative estimate of drug-likeness (QED) is 0.722. The maximum atomic E-state index is 12.0. The molecule has 1 atom stereocenters. The van der Waals surface area contributed by atoms with E-state index in [1.165, 1.54) is 12.4 Å². The summed E-state index contributed by atoms with van der Waals surface area (Å²) in [5.74, 6) is 0.594. The van der Waals surface area contributed by atoms with Gasteiger partial charge in [0.05, 0.1) is 17.1 Å². The molecule has 9 heteroatoms. The lowest BCUT2D eigenvalue weighted by molar-refractivity contribution is 0.0950. The zero-order valence-corrected chi connectivity index (χ0v) is 15.2. The molecule has 2 heterocycles. The molecule has 1 unspecified atom stereocenters. The Morgan fingerprint density at radius 3 is 2.50 bits per heavy atom. The second-order valence-electron chi connectivity index (χ2n) is 6.17. The molecule has 2 rings (SSSR count). The van der Waals surface area contributed by atoms with Gasteiger partial charge in [-0.25, -0.2) is 18.4 Å². The van der Waals surface area contributed by atoms with Crippen molar-refractivity contribution < 1.29 is 13.2 Å². The number of amides is 1. The van der Waals surface area contributed by atoms with Crippen LogP contribution in [0.5, 0.6) is 0 Å². The van der Waals surface area contributed by atoms with Crippen LogP contribution in [-0.4, -0.2) is 80.5 Å². The fourth-order valence-electron chi connectivity index (χ4n) is 2.67. The minimum atomic E-state index is -2.96. The van der Waals surface area contributed by atoms with Crippen LogP contribution in [0, 0.1) is 0 Å². The third-order valence-corrected chi connectivity index (χ3v) is 5.74. The molecule has 8 nitrogen and oxygen atoms in total. The topological polar surface area (TPSA) is 95.5 Å². The SMILES string of the molecule is CCN(c1ncc(C(=O)NCCN(C)C)cn1)C1CCS(=O)(=O)C1. The Morgan fingerprint density at radius 2 is 2.00 bits per heavy atom. The summed E-state index contributed by atoms with van der Waals surface area (Å²) in [4.78, 5) is 24.4. The number of hydrogen-bond acceptors (Lipinski definition) is 7. The van der Waals surface area contributed by atoms with Crippen molar-refractivity contribution >= 4 is 21.7 Å². The van der Waals surface area contributed by atoms with Crippen LogP contribution in [0.2, 0.25) is 0 Å². The van der Waals surface area contributed by atoms with E-state index in [2.05, 4.69) is 15.3 Å². The molecule has 1 N–H and O–H groups in total. The minimum absolute atomic E-state index is 0.0974. The molecule has 1 aliphatic heterocycles. The molecule has 1 fully saturated rings. The number of hydrogen-bond donors (Lipinski definition) is 1. The summed E-state index contributed by atoms with van der Waals surface area (Å²) >= 11 is 0. The lowest BCUT2D eigenvalue weighted by Crippen LogP contribution is -2.37. The average Bonchev–Trinajstić information content (AvgIpc) is 2.88. The van der Waals surface area contributed by atoms with Gasteiger partial charge in [-0.05, 0) is 27.4 Å². The molecule has 1 aliphatic rings. The molecule has 1 saturated heterocycles. The van der Waals surface area contributed by atoms with Crippen molar-refractivity contribution in [1.29, 1.82) is 0 Å². The van der Waals surface area contributed by atoms with Crippen molar-refractivity contribution in [1.82, 2.24) is 20.2 Å². The fraction of sp³-hybridized carbons (Fsp3) is 0.667. The molecular weight excluding hydrogens is 330 g/mol. The van der Waals surface area contributed by atoms with Gasteiger partial charge < -0.3 is 15.1 Å². The monoisotopic (exact) mass is 355 g/mol. The Hall–Kier alpha value is -1.74. The van der Waals surface area contributed by atoms with Gasteiger partial charge in [0.25, 0.3) is 5.91 Å². The van der Waals surface area contributed by atoms with E-state index in [1.54, 1.807) is 0 Å². The van der Waals surface area contributed by atoms with Crippen molar-refractivity contribution in [2.24, 2.45) is 0 Å². The molecule has 1 aromatic rings. The van der Waals surface area contributed by atoms with E-state index in [0.29, 0.717) is 31.0 Å². The number of sulfone groups is 1. The molecule has 0 spiro atoms. The van der Waals surface area contributed by atoms with Crippen molar-refractivity contribution in [3.63, 3.8) is 0 Å². The summed E-state index contributed by atoms with van der Waals surface area (Å²) < 4.78 is 23.3. The first-order chi connectivity index (χ1) is 11.3. The first-order valence-corrected chi connectivity index (χ1v) is 9.86. The third kappa shape index (κ3) is 4.88. The van der Waals surface area contributed by atoms with Gasteiger partial charge in [-0.15, -0.1) is 0 Å². The number of carbonyl (C=O) groups excluding carboxylic acids is 1. The van der Waals surface area contributed by atoms with Gasteiger partial charge in [0.1, 0.15) is 0 Å². The number of likely N-dealkylation sites (N-methyl/N-ethyl adjacent to an activating group) is 1. The Kier molecular flexibility index (Phi) is 6.11. The van der Waals surface area contributed by atoms with E-state index < -0.39 is 9.84 Å². The summed E-state index contributed by atoms with van der Waals surface area (Å²) in [7, 11) is 0.911. The highest BCUT2D eigenvalue weighted by Crippen LogP contribution is 2.21. The van der Waals surface area contributed by atoms with Crippen LogP contribution in [0.15, 0.2) is 12.4 Å². The molecule has 1 aromatic heterocycles. The maximum absolute atomic E-state index is 12.0. The van der Waals surface area contributed by atoms with Gasteiger partial charge >= 0.3 is 0 Å². The molecule has 0 saturated carbocycles. The van der Waals surface area contributed by atoms with Gasteiger partial charge in [-0.3, -0.25) is 4.79 Å². The van der Waals surface area contributed by atoms with Gasteiger partial charge in [-0.1, -0.05) is 0 Å². The number of aromatic nitrogens is 2. The van der Waals surface area contributed by atoms with Crippen LogP contribution >= 0.6 is 0 Å². The molecule has 0 bridgehead atoms. The zero-order valence-electron chi connectivity index (χ0n) is 14.4. The first kappa shape index (κ1) is 18.6. The standard InChI is InChI=1S/C15H25N5O3S/c1-4-20(13-5-8-24(22,23)11-13)15-17-9-12(10-18-15)14(21)16-6-7-19(2)3/h9-10,13H,4-8,11H2,1-3H3,(H,16,21). The zero-order chi connectivity index (χ0) is 17.7. The first-order valence-electron chi connectivity index (χ1n) is 8.04. The summed E-state index contributed by atoms with van der Waals surface area (Å²) in [6.07, 6.45) is 3.56. The van der Waals surface area contributed by atoms with Crippen LogP contribution < -0.4 is 10.2 Å². The van der Waals surface area contributed by atoms with E-state index in [-0.39, 0.29) is 23.5 Å². The van der Waals surface area contributed by atoms with Gasteiger partial charge in [0.15, 0.2) is 9.84 Å². The molecular formula is C15H25N5O3S. The van der Waals surface area contributed by atoms with E-state index in [4.69, 9.17) is 0 Å². The molecule has 1 amide bonds. The summed E-state index contributed by atoms with van der Waals surface area (Å²) in [5, 5.41) is 2.81. The average molecular weight is 355 g/mol. The normalized spacial score (nSPS) is 19.4.